The van der Waals surface area contributed by atoms with Gasteiger partial charge in [0.05, 0.1) is 12.0 Å². The zero-order chi connectivity index (χ0) is 15.7. The first kappa shape index (κ1) is 15.0. The number of aryl methyl sites for hydroxylation is 1. The third-order valence-corrected chi connectivity index (χ3v) is 4.60. The molecule has 0 radical (unpaired) electrons. The lowest BCUT2D eigenvalue weighted by atomic mass is 10.1. The van der Waals surface area contributed by atoms with E-state index in [1.54, 1.807) is 11.9 Å². The molecule has 7 heteroatoms. The molecule has 2 aliphatic heterocycles. The SMILES string of the molecule is CC(NC(=O)C1CC(=O)N(C)C1)c1nnc2n1CCCCC2. The Balaban J connectivity index is 1.67. The van der Waals surface area contributed by atoms with Gasteiger partial charge >= 0.3 is 0 Å². The third kappa shape index (κ3) is 2.84. The van der Waals surface area contributed by atoms with Crippen molar-refractivity contribution in [1.82, 2.24) is 25.0 Å². The molecule has 0 spiro atoms. The van der Waals surface area contributed by atoms with Crippen molar-refractivity contribution in [2.75, 3.05) is 13.6 Å². The lowest BCUT2D eigenvalue weighted by Gasteiger charge is -2.17. The van der Waals surface area contributed by atoms with Crippen LogP contribution in [0.5, 0.6) is 0 Å². The number of rotatable bonds is 3. The summed E-state index contributed by atoms with van der Waals surface area (Å²) in [4.78, 5) is 25.5. The fourth-order valence-electron chi connectivity index (χ4n) is 3.26. The van der Waals surface area contributed by atoms with Gasteiger partial charge in [0.25, 0.3) is 0 Å². The summed E-state index contributed by atoms with van der Waals surface area (Å²) < 4.78 is 2.14. The minimum atomic E-state index is -0.258. The van der Waals surface area contributed by atoms with Crippen molar-refractivity contribution in [1.29, 1.82) is 0 Å². The number of likely N-dealkylation sites (tertiary alicyclic amines) is 1. The topological polar surface area (TPSA) is 80.1 Å². The van der Waals surface area contributed by atoms with Gasteiger partial charge in [0.2, 0.25) is 11.8 Å². The molecule has 0 aliphatic carbocycles. The first-order chi connectivity index (χ1) is 10.6. The van der Waals surface area contributed by atoms with Crippen molar-refractivity contribution in [3.05, 3.63) is 11.6 Å². The monoisotopic (exact) mass is 305 g/mol. The third-order valence-electron chi connectivity index (χ3n) is 4.60. The number of carbonyl (C=O) groups excluding carboxylic acids is 2. The molecule has 2 aliphatic rings. The average Bonchev–Trinajstić information content (AvgIpc) is 2.95. The van der Waals surface area contributed by atoms with Gasteiger partial charge in [-0.15, -0.1) is 10.2 Å². The highest BCUT2D eigenvalue weighted by Gasteiger charge is 2.33. The fourth-order valence-corrected chi connectivity index (χ4v) is 3.26. The predicted molar refractivity (Wildman–Crippen MR) is 79.9 cm³/mol. The largest absolute Gasteiger partial charge is 0.346 e. The maximum Gasteiger partial charge on any atom is 0.226 e. The predicted octanol–water partition coefficient (Wildman–Crippen LogP) is 0.660. The van der Waals surface area contributed by atoms with E-state index in [-0.39, 0.29) is 23.8 Å². The van der Waals surface area contributed by atoms with Gasteiger partial charge in [0, 0.05) is 33.0 Å². The van der Waals surface area contributed by atoms with Crippen molar-refractivity contribution in [2.45, 2.75) is 51.6 Å². The van der Waals surface area contributed by atoms with Crippen molar-refractivity contribution in [2.24, 2.45) is 5.92 Å². The Morgan fingerprint density at radius 3 is 2.86 bits per heavy atom. The van der Waals surface area contributed by atoms with Crippen LogP contribution < -0.4 is 5.32 Å². The molecule has 1 aromatic heterocycles. The fraction of sp³-hybridized carbons (Fsp3) is 0.733. The second-order valence-electron chi connectivity index (χ2n) is 6.34. The van der Waals surface area contributed by atoms with Gasteiger partial charge in [-0.25, -0.2) is 0 Å². The molecule has 3 heterocycles. The van der Waals surface area contributed by atoms with Gasteiger partial charge in [-0.3, -0.25) is 9.59 Å². The summed E-state index contributed by atoms with van der Waals surface area (Å²) in [6.07, 6.45) is 4.73. The molecule has 7 nitrogen and oxygen atoms in total. The molecule has 22 heavy (non-hydrogen) atoms. The number of hydrogen-bond acceptors (Lipinski definition) is 4. The minimum absolute atomic E-state index is 0.0316. The van der Waals surface area contributed by atoms with Gasteiger partial charge < -0.3 is 14.8 Å². The zero-order valence-electron chi connectivity index (χ0n) is 13.2. The van der Waals surface area contributed by atoms with Crippen LogP contribution in [0.15, 0.2) is 0 Å². The number of carbonyl (C=O) groups is 2. The Hall–Kier alpha value is -1.92. The second-order valence-corrected chi connectivity index (χ2v) is 6.34. The Morgan fingerprint density at radius 1 is 1.32 bits per heavy atom. The van der Waals surface area contributed by atoms with Crippen LogP contribution in [-0.4, -0.2) is 45.1 Å². The van der Waals surface area contributed by atoms with Crippen LogP contribution in [0.1, 0.15) is 50.3 Å². The molecule has 1 fully saturated rings. The van der Waals surface area contributed by atoms with Crippen molar-refractivity contribution < 1.29 is 9.59 Å². The van der Waals surface area contributed by atoms with E-state index in [0.29, 0.717) is 13.0 Å². The summed E-state index contributed by atoms with van der Waals surface area (Å²) in [6, 6.07) is -0.187. The highest BCUT2D eigenvalue weighted by Crippen LogP contribution is 2.21. The Labute approximate surface area is 130 Å². The maximum absolute atomic E-state index is 12.3. The van der Waals surface area contributed by atoms with Crippen LogP contribution >= 0.6 is 0 Å². The van der Waals surface area contributed by atoms with E-state index in [4.69, 9.17) is 0 Å². The summed E-state index contributed by atoms with van der Waals surface area (Å²) in [5, 5.41) is 11.5. The number of aromatic nitrogens is 3. The van der Waals surface area contributed by atoms with Crippen LogP contribution in [0, 0.1) is 5.92 Å². The highest BCUT2D eigenvalue weighted by atomic mass is 16.2. The molecule has 0 aromatic carbocycles. The molecule has 1 aromatic rings. The summed E-state index contributed by atoms with van der Waals surface area (Å²) in [5.74, 6) is 1.54. The molecule has 2 atom stereocenters. The lowest BCUT2D eigenvalue weighted by Crippen LogP contribution is -2.35. The van der Waals surface area contributed by atoms with E-state index in [2.05, 4.69) is 20.1 Å². The molecule has 1 N–H and O–H groups in total. The van der Waals surface area contributed by atoms with Gasteiger partial charge in [0.15, 0.2) is 5.82 Å². The summed E-state index contributed by atoms with van der Waals surface area (Å²) >= 11 is 0. The van der Waals surface area contributed by atoms with Gasteiger partial charge in [0.1, 0.15) is 5.82 Å². The second kappa shape index (κ2) is 6.06. The Bertz CT molecular complexity index is 582. The van der Waals surface area contributed by atoms with Crippen molar-refractivity contribution >= 4 is 11.8 Å². The van der Waals surface area contributed by atoms with Gasteiger partial charge in [-0.05, 0) is 19.8 Å². The van der Waals surface area contributed by atoms with E-state index in [9.17, 15) is 9.59 Å². The standard InChI is InChI=1S/C15H23N5O2/c1-10(16-15(22)11-8-13(21)19(2)9-11)14-18-17-12-6-4-3-5-7-20(12)14/h10-11H,3-9H2,1-2H3,(H,16,22). The van der Waals surface area contributed by atoms with Crippen LogP contribution in [-0.2, 0) is 22.6 Å². The number of nitrogens with zero attached hydrogens (tertiary/aromatic N) is 4. The smallest absolute Gasteiger partial charge is 0.226 e. The van der Waals surface area contributed by atoms with Crippen LogP contribution in [0.25, 0.3) is 0 Å². The number of hydrogen-bond donors (Lipinski definition) is 1. The first-order valence-corrected chi connectivity index (χ1v) is 8.02. The molecule has 1 saturated heterocycles. The van der Waals surface area contributed by atoms with E-state index in [1.165, 1.54) is 6.42 Å². The molecule has 2 unspecified atom stereocenters. The van der Waals surface area contributed by atoms with Crippen molar-refractivity contribution in [3.8, 4) is 0 Å². The summed E-state index contributed by atoms with van der Waals surface area (Å²) in [6.45, 7) is 3.35. The Morgan fingerprint density at radius 2 is 2.14 bits per heavy atom. The quantitative estimate of drug-likeness (QED) is 0.889. The molecule has 2 amide bonds. The average molecular weight is 305 g/mol. The molecule has 120 valence electrons. The van der Waals surface area contributed by atoms with Gasteiger partial charge in [-0.1, -0.05) is 6.42 Å². The van der Waals surface area contributed by atoms with Crippen molar-refractivity contribution in [3.63, 3.8) is 0 Å². The molecule has 3 rings (SSSR count). The zero-order valence-corrected chi connectivity index (χ0v) is 13.2. The van der Waals surface area contributed by atoms with E-state index < -0.39 is 0 Å². The number of amides is 2. The number of nitrogens with one attached hydrogen (secondary N) is 1. The van der Waals surface area contributed by atoms with Crippen LogP contribution in [0.4, 0.5) is 0 Å². The number of fused-ring (bicyclic) bond motifs is 1. The van der Waals surface area contributed by atoms with E-state index in [0.717, 1.165) is 37.5 Å². The molecule has 0 saturated carbocycles. The molecule has 0 bridgehead atoms. The van der Waals surface area contributed by atoms with Crippen LogP contribution in [0.2, 0.25) is 0 Å². The molecular formula is C15H23N5O2. The maximum atomic E-state index is 12.3. The minimum Gasteiger partial charge on any atom is -0.346 e. The molecular weight excluding hydrogens is 282 g/mol. The highest BCUT2D eigenvalue weighted by molar-refractivity contribution is 5.89. The van der Waals surface area contributed by atoms with Crippen LogP contribution in [0.3, 0.4) is 0 Å². The van der Waals surface area contributed by atoms with E-state index >= 15 is 0 Å². The summed E-state index contributed by atoms with van der Waals surface area (Å²) in [5.41, 5.74) is 0. The van der Waals surface area contributed by atoms with E-state index in [1.807, 2.05) is 6.92 Å². The Kier molecular flexibility index (Phi) is 4.13. The normalized spacial score (nSPS) is 23.1. The first-order valence-electron chi connectivity index (χ1n) is 8.02. The lowest BCUT2D eigenvalue weighted by molar-refractivity contribution is -0.128. The summed E-state index contributed by atoms with van der Waals surface area (Å²) in [7, 11) is 1.73. The van der Waals surface area contributed by atoms with Gasteiger partial charge in [-0.2, -0.15) is 0 Å².